The highest BCUT2D eigenvalue weighted by atomic mass is 16.6. The summed E-state index contributed by atoms with van der Waals surface area (Å²) in [6.07, 6.45) is 2.82. The molecule has 0 radical (unpaired) electrons. The zero-order chi connectivity index (χ0) is 12.9. The maximum atomic E-state index is 11.4. The quantitative estimate of drug-likeness (QED) is 0.457. The second-order valence-electron chi connectivity index (χ2n) is 4.61. The van der Waals surface area contributed by atoms with E-state index in [4.69, 9.17) is 4.74 Å². The van der Waals surface area contributed by atoms with E-state index in [9.17, 15) is 9.59 Å². The first-order chi connectivity index (χ1) is 7.88. The van der Waals surface area contributed by atoms with Crippen LogP contribution in [0.3, 0.4) is 0 Å². The van der Waals surface area contributed by atoms with Crippen molar-refractivity contribution in [3.63, 3.8) is 0 Å². The fourth-order valence-corrected chi connectivity index (χ4v) is 1.13. The molecule has 1 rings (SSSR count). The van der Waals surface area contributed by atoms with E-state index < -0.39 is 17.4 Å². The number of ether oxygens (including phenoxy) is 1. The van der Waals surface area contributed by atoms with Crippen LogP contribution in [0.2, 0.25) is 0 Å². The molecular formula is C14H16O3. The van der Waals surface area contributed by atoms with Crippen LogP contribution in [0.4, 0.5) is 0 Å². The van der Waals surface area contributed by atoms with Crippen molar-refractivity contribution in [3.05, 3.63) is 42.0 Å². The van der Waals surface area contributed by atoms with Gasteiger partial charge in [-0.3, -0.25) is 4.79 Å². The average Bonchev–Trinajstić information content (AvgIpc) is 2.25. The summed E-state index contributed by atoms with van der Waals surface area (Å²) in [6.45, 7) is 5.16. The Hall–Kier alpha value is -1.90. The first-order valence-electron chi connectivity index (χ1n) is 5.39. The summed E-state index contributed by atoms with van der Waals surface area (Å²) in [5.74, 6) is -1.48. The molecule has 0 aliphatic heterocycles. The Bertz CT molecular complexity index is 425. The van der Waals surface area contributed by atoms with E-state index in [1.54, 1.807) is 26.8 Å². The van der Waals surface area contributed by atoms with Crippen LogP contribution in [0.1, 0.15) is 26.3 Å². The molecule has 0 N–H and O–H groups in total. The van der Waals surface area contributed by atoms with Crippen molar-refractivity contribution in [2.24, 2.45) is 0 Å². The lowest BCUT2D eigenvalue weighted by Crippen LogP contribution is -2.27. The molecule has 1 aromatic rings. The molecule has 0 amide bonds. The molecule has 0 bridgehead atoms. The van der Waals surface area contributed by atoms with Crippen molar-refractivity contribution in [2.75, 3.05) is 0 Å². The molecule has 0 atom stereocenters. The van der Waals surface area contributed by atoms with E-state index in [0.717, 1.165) is 5.56 Å². The summed E-state index contributed by atoms with van der Waals surface area (Å²) in [5, 5.41) is 0. The first kappa shape index (κ1) is 13.2. The van der Waals surface area contributed by atoms with Gasteiger partial charge in [0.25, 0.3) is 5.78 Å². The SMILES string of the molecule is CC(C)(C)OC(=O)C(=O)/C=C/c1ccccc1. The molecule has 17 heavy (non-hydrogen) atoms. The van der Waals surface area contributed by atoms with Gasteiger partial charge in [0.15, 0.2) is 0 Å². The fraction of sp³-hybridized carbons (Fsp3) is 0.286. The number of ketones is 1. The monoisotopic (exact) mass is 232 g/mol. The Morgan fingerprint density at radius 1 is 1.12 bits per heavy atom. The second kappa shape index (κ2) is 5.43. The maximum absolute atomic E-state index is 11.4. The third-order valence-corrected chi connectivity index (χ3v) is 1.83. The molecule has 1 aromatic carbocycles. The van der Waals surface area contributed by atoms with Crippen LogP contribution in [0.5, 0.6) is 0 Å². The van der Waals surface area contributed by atoms with Gasteiger partial charge in [-0.25, -0.2) is 4.79 Å². The Kier molecular flexibility index (Phi) is 4.21. The van der Waals surface area contributed by atoms with Gasteiger partial charge in [-0.2, -0.15) is 0 Å². The van der Waals surface area contributed by atoms with E-state index in [-0.39, 0.29) is 0 Å². The van der Waals surface area contributed by atoms with Gasteiger partial charge in [0.1, 0.15) is 5.60 Å². The minimum Gasteiger partial charge on any atom is -0.454 e. The molecule has 0 saturated carbocycles. The van der Waals surface area contributed by atoms with Gasteiger partial charge >= 0.3 is 5.97 Å². The van der Waals surface area contributed by atoms with Crippen LogP contribution >= 0.6 is 0 Å². The molecule has 0 saturated heterocycles. The minimum absolute atomic E-state index is 0.646. The Labute approximate surface area is 101 Å². The van der Waals surface area contributed by atoms with Gasteiger partial charge in [0.05, 0.1) is 0 Å². The highest BCUT2D eigenvalue weighted by molar-refractivity contribution is 6.39. The smallest absolute Gasteiger partial charge is 0.379 e. The largest absolute Gasteiger partial charge is 0.454 e. The standard InChI is InChI=1S/C14H16O3/c1-14(2,3)17-13(16)12(15)10-9-11-7-5-4-6-8-11/h4-10H,1-3H3/b10-9+. The van der Waals surface area contributed by atoms with E-state index in [2.05, 4.69) is 0 Å². The Morgan fingerprint density at radius 3 is 2.24 bits per heavy atom. The van der Waals surface area contributed by atoms with E-state index in [0.29, 0.717) is 0 Å². The van der Waals surface area contributed by atoms with Crippen LogP contribution in [0.15, 0.2) is 36.4 Å². The summed E-state index contributed by atoms with van der Waals surface area (Å²) in [7, 11) is 0. The van der Waals surface area contributed by atoms with Gasteiger partial charge in [-0.15, -0.1) is 0 Å². The first-order valence-corrected chi connectivity index (χ1v) is 5.39. The molecule has 0 aromatic heterocycles. The van der Waals surface area contributed by atoms with Crippen molar-refractivity contribution < 1.29 is 14.3 Å². The fourth-order valence-electron chi connectivity index (χ4n) is 1.13. The van der Waals surface area contributed by atoms with Crippen molar-refractivity contribution in [1.82, 2.24) is 0 Å². The van der Waals surface area contributed by atoms with Crippen LogP contribution in [-0.2, 0) is 14.3 Å². The Morgan fingerprint density at radius 2 is 1.71 bits per heavy atom. The molecule has 3 heteroatoms. The summed E-state index contributed by atoms with van der Waals surface area (Å²) < 4.78 is 4.95. The molecule has 0 spiro atoms. The highest BCUT2D eigenvalue weighted by Crippen LogP contribution is 2.08. The second-order valence-corrected chi connectivity index (χ2v) is 4.61. The summed E-state index contributed by atoms with van der Waals surface area (Å²) in [6, 6.07) is 9.29. The topological polar surface area (TPSA) is 43.4 Å². The lowest BCUT2D eigenvalue weighted by molar-refractivity contribution is -0.160. The number of hydrogen-bond donors (Lipinski definition) is 0. The summed E-state index contributed by atoms with van der Waals surface area (Å²) >= 11 is 0. The number of carbonyl (C=O) groups is 2. The molecule has 0 fully saturated rings. The van der Waals surface area contributed by atoms with Gasteiger partial charge in [-0.1, -0.05) is 36.4 Å². The van der Waals surface area contributed by atoms with Crippen molar-refractivity contribution in [1.29, 1.82) is 0 Å². The number of hydrogen-bond acceptors (Lipinski definition) is 3. The van der Waals surface area contributed by atoms with Crippen molar-refractivity contribution >= 4 is 17.8 Å². The third-order valence-electron chi connectivity index (χ3n) is 1.83. The van der Waals surface area contributed by atoms with Gasteiger partial charge < -0.3 is 4.74 Å². The molecule has 0 heterocycles. The predicted octanol–water partition coefficient (Wildman–Crippen LogP) is 2.61. The number of benzene rings is 1. The van der Waals surface area contributed by atoms with Crippen molar-refractivity contribution in [3.8, 4) is 0 Å². The number of carbonyl (C=O) groups excluding carboxylic acids is 2. The lowest BCUT2D eigenvalue weighted by atomic mass is 10.2. The molecule has 0 aliphatic rings. The van der Waals surface area contributed by atoms with Gasteiger partial charge in [0.2, 0.25) is 0 Å². The molecule has 90 valence electrons. The van der Waals surface area contributed by atoms with Crippen LogP contribution in [-0.4, -0.2) is 17.4 Å². The zero-order valence-corrected chi connectivity index (χ0v) is 10.3. The van der Waals surface area contributed by atoms with Gasteiger partial charge in [0, 0.05) is 0 Å². The van der Waals surface area contributed by atoms with Crippen LogP contribution in [0.25, 0.3) is 6.08 Å². The third kappa shape index (κ3) is 5.11. The molecule has 0 unspecified atom stereocenters. The number of rotatable bonds is 3. The summed E-state index contributed by atoms with van der Waals surface area (Å²) in [5.41, 5.74) is 0.220. The van der Waals surface area contributed by atoms with Crippen LogP contribution in [0, 0.1) is 0 Å². The lowest BCUT2D eigenvalue weighted by Gasteiger charge is -2.18. The zero-order valence-electron chi connectivity index (χ0n) is 10.3. The van der Waals surface area contributed by atoms with E-state index in [1.165, 1.54) is 6.08 Å². The molecule has 3 nitrogen and oxygen atoms in total. The van der Waals surface area contributed by atoms with Crippen LogP contribution < -0.4 is 0 Å². The minimum atomic E-state index is -0.829. The number of esters is 1. The molecular weight excluding hydrogens is 216 g/mol. The van der Waals surface area contributed by atoms with E-state index >= 15 is 0 Å². The maximum Gasteiger partial charge on any atom is 0.379 e. The summed E-state index contributed by atoms with van der Waals surface area (Å²) in [4.78, 5) is 22.8. The highest BCUT2D eigenvalue weighted by Gasteiger charge is 2.20. The Balaban J connectivity index is 2.61. The molecule has 0 aliphatic carbocycles. The average molecular weight is 232 g/mol. The normalized spacial score (nSPS) is 11.5. The van der Waals surface area contributed by atoms with Crippen molar-refractivity contribution in [2.45, 2.75) is 26.4 Å². The van der Waals surface area contributed by atoms with E-state index in [1.807, 2.05) is 30.3 Å². The predicted molar refractivity (Wildman–Crippen MR) is 66.3 cm³/mol. The van der Waals surface area contributed by atoms with Gasteiger partial charge in [-0.05, 0) is 32.4 Å².